The van der Waals surface area contributed by atoms with Crippen molar-refractivity contribution in [1.82, 2.24) is 24.9 Å². The topological polar surface area (TPSA) is 66.8 Å². The van der Waals surface area contributed by atoms with Gasteiger partial charge in [0, 0.05) is 49.2 Å². The number of hydrogen-bond donors (Lipinski definition) is 1. The van der Waals surface area contributed by atoms with Crippen LogP contribution in [0, 0.1) is 6.92 Å². The Morgan fingerprint density at radius 1 is 1.22 bits per heavy atom. The van der Waals surface area contributed by atoms with Gasteiger partial charge in [-0.25, -0.2) is 0 Å². The number of aryl methyl sites for hydroxylation is 2. The Morgan fingerprint density at radius 3 is 2.78 bits per heavy atom. The van der Waals surface area contributed by atoms with E-state index < -0.39 is 0 Å². The highest BCUT2D eigenvalue weighted by molar-refractivity contribution is 6.02. The minimum atomic E-state index is -0.0107. The quantitative estimate of drug-likeness (QED) is 0.606. The first-order chi connectivity index (χ1) is 13.0. The fraction of sp³-hybridized carbons (Fsp3) is 0.190. The van der Waals surface area contributed by atoms with Crippen LogP contribution in [0.1, 0.15) is 21.6 Å². The smallest absolute Gasteiger partial charge is 0.253 e. The molecule has 0 atom stereocenters. The van der Waals surface area contributed by atoms with Gasteiger partial charge in [0.05, 0.1) is 11.9 Å². The third-order valence-electron chi connectivity index (χ3n) is 4.91. The molecule has 2 aromatic carbocycles. The molecular formula is C21H21N5O. The molecule has 0 fully saturated rings. The zero-order valence-electron chi connectivity index (χ0n) is 15.6. The third-order valence-corrected chi connectivity index (χ3v) is 4.91. The molecule has 136 valence electrons. The van der Waals surface area contributed by atoms with Crippen molar-refractivity contribution < 1.29 is 4.79 Å². The molecule has 4 rings (SSSR count). The lowest BCUT2D eigenvalue weighted by Crippen LogP contribution is -2.26. The maximum atomic E-state index is 12.9. The summed E-state index contributed by atoms with van der Waals surface area (Å²) in [5.74, 6) is -0.0107. The van der Waals surface area contributed by atoms with Crippen molar-refractivity contribution in [3.63, 3.8) is 0 Å². The molecule has 0 aliphatic heterocycles. The summed E-state index contributed by atoms with van der Waals surface area (Å²) in [6.45, 7) is 2.48. The molecule has 4 aromatic rings. The molecule has 0 bridgehead atoms. The van der Waals surface area contributed by atoms with Gasteiger partial charge in [-0.1, -0.05) is 24.3 Å². The molecule has 2 aromatic heterocycles. The van der Waals surface area contributed by atoms with Crippen LogP contribution in [0.25, 0.3) is 22.0 Å². The maximum absolute atomic E-state index is 12.9. The van der Waals surface area contributed by atoms with Crippen molar-refractivity contribution in [2.45, 2.75) is 13.5 Å². The third kappa shape index (κ3) is 3.10. The van der Waals surface area contributed by atoms with Crippen molar-refractivity contribution >= 4 is 16.7 Å². The number of carbonyl (C=O) groups is 1. The van der Waals surface area contributed by atoms with Gasteiger partial charge < -0.3 is 4.90 Å². The van der Waals surface area contributed by atoms with E-state index in [1.165, 1.54) is 0 Å². The maximum Gasteiger partial charge on any atom is 0.253 e. The molecule has 6 nitrogen and oxygen atoms in total. The Labute approximate surface area is 157 Å². The molecular weight excluding hydrogens is 338 g/mol. The molecule has 1 amide bonds. The van der Waals surface area contributed by atoms with Crippen molar-refractivity contribution in [3.8, 4) is 11.3 Å². The monoisotopic (exact) mass is 359 g/mol. The number of H-pyrrole nitrogens is 1. The Balaban J connectivity index is 1.67. The first-order valence-corrected chi connectivity index (χ1v) is 8.80. The van der Waals surface area contributed by atoms with Crippen molar-refractivity contribution in [1.29, 1.82) is 0 Å². The number of fused-ring (bicyclic) bond motifs is 1. The molecule has 2 heterocycles. The van der Waals surface area contributed by atoms with E-state index in [0.29, 0.717) is 12.1 Å². The predicted molar refractivity (Wildman–Crippen MR) is 105 cm³/mol. The molecule has 0 unspecified atom stereocenters. The molecule has 1 N–H and O–H groups in total. The minimum Gasteiger partial charge on any atom is -0.337 e. The van der Waals surface area contributed by atoms with Crippen LogP contribution >= 0.6 is 0 Å². The van der Waals surface area contributed by atoms with Crippen LogP contribution in [-0.4, -0.2) is 37.8 Å². The minimum absolute atomic E-state index is 0.0107. The first-order valence-electron chi connectivity index (χ1n) is 8.80. The Hall–Kier alpha value is -3.41. The summed E-state index contributed by atoms with van der Waals surface area (Å²) in [5, 5.41) is 13.3. The van der Waals surface area contributed by atoms with E-state index in [-0.39, 0.29) is 5.91 Å². The summed E-state index contributed by atoms with van der Waals surface area (Å²) in [6.07, 6.45) is 3.55. The van der Waals surface area contributed by atoms with Crippen molar-refractivity contribution in [2.24, 2.45) is 7.05 Å². The number of hydrogen-bond acceptors (Lipinski definition) is 3. The van der Waals surface area contributed by atoms with E-state index in [0.717, 1.165) is 33.3 Å². The van der Waals surface area contributed by atoms with Gasteiger partial charge in [-0.15, -0.1) is 0 Å². The molecule has 0 aliphatic carbocycles. The number of rotatable bonds is 4. The first kappa shape index (κ1) is 17.0. The highest BCUT2D eigenvalue weighted by Gasteiger charge is 2.15. The van der Waals surface area contributed by atoms with Gasteiger partial charge in [0.1, 0.15) is 0 Å². The lowest BCUT2D eigenvalue weighted by molar-refractivity contribution is 0.0785. The molecule has 27 heavy (non-hydrogen) atoms. The van der Waals surface area contributed by atoms with E-state index in [4.69, 9.17) is 0 Å². The van der Waals surface area contributed by atoms with Crippen LogP contribution < -0.4 is 0 Å². The van der Waals surface area contributed by atoms with Crippen LogP contribution in [0.5, 0.6) is 0 Å². The Kier molecular flexibility index (Phi) is 4.24. The Morgan fingerprint density at radius 2 is 2.07 bits per heavy atom. The second-order valence-corrected chi connectivity index (χ2v) is 6.76. The van der Waals surface area contributed by atoms with Gasteiger partial charge in [0.2, 0.25) is 0 Å². The Bertz CT molecular complexity index is 1120. The second-order valence-electron chi connectivity index (χ2n) is 6.76. The molecule has 0 aliphatic rings. The molecule has 0 saturated heterocycles. The van der Waals surface area contributed by atoms with Gasteiger partial charge in [0.25, 0.3) is 5.91 Å². The van der Waals surface area contributed by atoms with E-state index in [1.54, 1.807) is 17.3 Å². The van der Waals surface area contributed by atoms with Crippen molar-refractivity contribution in [2.75, 3.05) is 7.05 Å². The zero-order valence-corrected chi connectivity index (χ0v) is 15.6. The molecule has 0 saturated carbocycles. The number of aromatic amines is 1. The van der Waals surface area contributed by atoms with E-state index in [1.807, 2.05) is 62.1 Å². The number of aromatic nitrogens is 4. The highest BCUT2D eigenvalue weighted by atomic mass is 16.2. The van der Waals surface area contributed by atoms with E-state index in [9.17, 15) is 4.79 Å². The average Bonchev–Trinajstić information content (AvgIpc) is 3.28. The predicted octanol–water partition coefficient (Wildman–Crippen LogP) is 3.54. The normalized spacial score (nSPS) is 11.1. The summed E-state index contributed by atoms with van der Waals surface area (Å²) < 4.78 is 1.86. The van der Waals surface area contributed by atoms with Gasteiger partial charge in [0.15, 0.2) is 0 Å². The van der Waals surface area contributed by atoms with Gasteiger partial charge in [-0.3, -0.25) is 14.6 Å². The van der Waals surface area contributed by atoms with Crippen LogP contribution in [0.15, 0.2) is 54.9 Å². The number of nitrogens with zero attached hydrogens (tertiary/aromatic N) is 4. The zero-order chi connectivity index (χ0) is 19.0. The van der Waals surface area contributed by atoms with E-state index >= 15 is 0 Å². The SMILES string of the molecule is Cc1[nH]ncc1CN(C)C(=O)c1ccc2c(-c3ccnn3C)cccc2c1. The average molecular weight is 359 g/mol. The largest absolute Gasteiger partial charge is 0.337 e. The fourth-order valence-corrected chi connectivity index (χ4v) is 3.36. The number of amides is 1. The lowest BCUT2D eigenvalue weighted by atomic mass is 9.99. The summed E-state index contributed by atoms with van der Waals surface area (Å²) >= 11 is 0. The number of nitrogens with one attached hydrogen (secondary N) is 1. The molecule has 0 radical (unpaired) electrons. The van der Waals surface area contributed by atoms with Crippen LogP contribution in [0.3, 0.4) is 0 Å². The van der Waals surface area contributed by atoms with Gasteiger partial charge >= 0.3 is 0 Å². The number of benzene rings is 2. The van der Waals surface area contributed by atoms with Crippen LogP contribution in [0.2, 0.25) is 0 Å². The lowest BCUT2D eigenvalue weighted by Gasteiger charge is -2.17. The molecule has 6 heteroatoms. The second kappa shape index (κ2) is 6.72. The van der Waals surface area contributed by atoms with Crippen LogP contribution in [0.4, 0.5) is 0 Å². The summed E-state index contributed by atoms with van der Waals surface area (Å²) in [6, 6.07) is 14.0. The molecule has 0 spiro atoms. The fourth-order valence-electron chi connectivity index (χ4n) is 3.36. The van der Waals surface area contributed by atoms with Gasteiger partial charge in [-0.05, 0) is 35.9 Å². The summed E-state index contributed by atoms with van der Waals surface area (Å²) in [7, 11) is 3.74. The van der Waals surface area contributed by atoms with Gasteiger partial charge in [-0.2, -0.15) is 10.2 Å². The number of carbonyl (C=O) groups excluding carboxylic acids is 1. The highest BCUT2D eigenvalue weighted by Crippen LogP contribution is 2.29. The standard InChI is InChI=1S/C21H21N5O/c1-14-17(12-22-24-14)13-25(2)21(27)16-7-8-18-15(11-16)5-4-6-19(18)20-9-10-23-26(20)3/h4-12H,13H2,1-3H3,(H,22,24). The van der Waals surface area contributed by atoms with Crippen LogP contribution in [-0.2, 0) is 13.6 Å². The van der Waals surface area contributed by atoms with Crippen molar-refractivity contribution in [3.05, 3.63) is 71.7 Å². The summed E-state index contributed by atoms with van der Waals surface area (Å²) in [4.78, 5) is 14.6. The van der Waals surface area contributed by atoms with E-state index in [2.05, 4.69) is 21.4 Å². The summed E-state index contributed by atoms with van der Waals surface area (Å²) in [5.41, 5.74) is 4.83.